The highest BCUT2D eigenvalue weighted by Gasteiger charge is 2.15. The molecule has 2 N–H and O–H groups in total. The van der Waals surface area contributed by atoms with E-state index in [1.165, 1.54) is 5.56 Å². The molecule has 0 fully saturated rings. The predicted molar refractivity (Wildman–Crippen MR) is 79.0 cm³/mol. The fourth-order valence-electron chi connectivity index (χ4n) is 1.67. The summed E-state index contributed by atoms with van der Waals surface area (Å²) in [7, 11) is 0. The SMILES string of the molecule is Cc1ccc(C(N)c2cc(C)c(Br)s2)c(Cl)c1. The molecule has 2 aromatic rings. The number of benzene rings is 1. The average Bonchev–Trinajstić information content (AvgIpc) is 2.58. The van der Waals surface area contributed by atoms with Crippen molar-refractivity contribution in [1.29, 1.82) is 0 Å². The van der Waals surface area contributed by atoms with E-state index in [2.05, 4.69) is 28.9 Å². The fraction of sp³-hybridized carbons (Fsp3) is 0.231. The summed E-state index contributed by atoms with van der Waals surface area (Å²) >= 11 is 11.4. The Morgan fingerprint density at radius 1 is 1.29 bits per heavy atom. The lowest BCUT2D eigenvalue weighted by atomic mass is 10.0. The van der Waals surface area contributed by atoms with E-state index in [1.807, 2.05) is 25.1 Å². The van der Waals surface area contributed by atoms with E-state index in [1.54, 1.807) is 11.3 Å². The molecule has 1 heterocycles. The quantitative estimate of drug-likeness (QED) is 0.838. The van der Waals surface area contributed by atoms with Gasteiger partial charge < -0.3 is 5.73 Å². The van der Waals surface area contributed by atoms with Gasteiger partial charge in [-0.25, -0.2) is 0 Å². The number of halogens is 2. The van der Waals surface area contributed by atoms with E-state index in [-0.39, 0.29) is 6.04 Å². The van der Waals surface area contributed by atoms with Crippen molar-refractivity contribution in [2.24, 2.45) is 5.73 Å². The van der Waals surface area contributed by atoms with Crippen LogP contribution in [0.25, 0.3) is 0 Å². The average molecular weight is 331 g/mol. The highest BCUT2D eigenvalue weighted by molar-refractivity contribution is 9.11. The van der Waals surface area contributed by atoms with Gasteiger partial charge in [0.05, 0.1) is 9.83 Å². The third-order valence-corrected chi connectivity index (χ3v) is 5.22. The molecule has 90 valence electrons. The summed E-state index contributed by atoms with van der Waals surface area (Å²) in [6.45, 7) is 4.08. The number of hydrogen-bond donors (Lipinski definition) is 1. The van der Waals surface area contributed by atoms with E-state index in [4.69, 9.17) is 17.3 Å². The van der Waals surface area contributed by atoms with Crippen molar-refractivity contribution >= 4 is 38.9 Å². The highest BCUT2D eigenvalue weighted by atomic mass is 79.9. The molecule has 2 rings (SSSR count). The van der Waals surface area contributed by atoms with Gasteiger partial charge >= 0.3 is 0 Å². The summed E-state index contributed by atoms with van der Waals surface area (Å²) in [5, 5.41) is 0.736. The monoisotopic (exact) mass is 329 g/mol. The summed E-state index contributed by atoms with van der Waals surface area (Å²) in [5.74, 6) is 0. The highest BCUT2D eigenvalue weighted by Crippen LogP contribution is 2.35. The molecule has 0 saturated carbocycles. The third-order valence-electron chi connectivity index (χ3n) is 2.67. The number of thiophene rings is 1. The van der Waals surface area contributed by atoms with Crippen LogP contribution in [0.5, 0.6) is 0 Å². The first-order valence-corrected chi connectivity index (χ1v) is 7.25. The van der Waals surface area contributed by atoms with Gasteiger partial charge in [0.2, 0.25) is 0 Å². The zero-order valence-corrected chi connectivity index (χ0v) is 12.8. The van der Waals surface area contributed by atoms with Crippen molar-refractivity contribution in [3.8, 4) is 0 Å². The minimum atomic E-state index is -0.155. The maximum atomic E-state index is 6.25. The van der Waals surface area contributed by atoms with Crippen LogP contribution in [0.4, 0.5) is 0 Å². The summed E-state index contributed by atoms with van der Waals surface area (Å²) in [5.41, 5.74) is 9.59. The van der Waals surface area contributed by atoms with Gasteiger partial charge in [0, 0.05) is 9.90 Å². The normalized spacial score (nSPS) is 12.8. The summed E-state index contributed by atoms with van der Waals surface area (Å²) < 4.78 is 1.13. The summed E-state index contributed by atoms with van der Waals surface area (Å²) in [6.07, 6.45) is 0. The Morgan fingerprint density at radius 3 is 2.53 bits per heavy atom. The second kappa shape index (κ2) is 5.11. The van der Waals surface area contributed by atoms with Crippen LogP contribution in [0.2, 0.25) is 5.02 Å². The second-order valence-electron chi connectivity index (χ2n) is 4.11. The molecular formula is C13H13BrClNS. The first-order valence-electron chi connectivity index (χ1n) is 5.26. The van der Waals surface area contributed by atoms with Crippen molar-refractivity contribution in [2.45, 2.75) is 19.9 Å². The zero-order chi connectivity index (χ0) is 12.6. The molecule has 0 spiro atoms. The van der Waals surface area contributed by atoms with Crippen LogP contribution in [-0.4, -0.2) is 0 Å². The lowest BCUT2D eigenvalue weighted by Crippen LogP contribution is -2.10. The molecule has 1 unspecified atom stereocenters. The Bertz CT molecular complexity index is 531. The van der Waals surface area contributed by atoms with Crippen molar-refractivity contribution in [3.63, 3.8) is 0 Å². The van der Waals surface area contributed by atoms with E-state index in [9.17, 15) is 0 Å². The minimum absolute atomic E-state index is 0.155. The summed E-state index contributed by atoms with van der Waals surface area (Å²) in [4.78, 5) is 1.13. The molecular weight excluding hydrogens is 318 g/mol. The molecule has 0 aliphatic carbocycles. The minimum Gasteiger partial charge on any atom is -0.320 e. The molecule has 1 atom stereocenters. The van der Waals surface area contributed by atoms with Crippen molar-refractivity contribution in [3.05, 3.63) is 54.6 Å². The van der Waals surface area contributed by atoms with Crippen LogP contribution < -0.4 is 5.73 Å². The second-order valence-corrected chi connectivity index (χ2v) is 6.92. The lowest BCUT2D eigenvalue weighted by molar-refractivity contribution is 0.892. The van der Waals surface area contributed by atoms with Crippen LogP contribution in [0, 0.1) is 13.8 Å². The van der Waals surface area contributed by atoms with Crippen LogP contribution in [0.1, 0.15) is 27.6 Å². The first-order chi connectivity index (χ1) is 7.99. The molecule has 17 heavy (non-hydrogen) atoms. The van der Waals surface area contributed by atoms with Crippen molar-refractivity contribution in [1.82, 2.24) is 0 Å². The molecule has 0 aliphatic rings. The standard InChI is InChI=1S/C13H13BrClNS/c1-7-3-4-9(10(15)5-7)12(16)11-6-8(2)13(14)17-11/h3-6,12H,16H2,1-2H3. The Labute approximate surface area is 119 Å². The molecule has 1 aromatic carbocycles. The van der Waals surface area contributed by atoms with Crippen LogP contribution in [0.3, 0.4) is 0 Å². The van der Waals surface area contributed by atoms with E-state index >= 15 is 0 Å². The van der Waals surface area contributed by atoms with Crippen LogP contribution in [0.15, 0.2) is 28.1 Å². The zero-order valence-electron chi connectivity index (χ0n) is 9.63. The molecule has 0 radical (unpaired) electrons. The van der Waals surface area contributed by atoms with Gasteiger partial charge in [0.1, 0.15) is 0 Å². The number of nitrogens with two attached hydrogens (primary N) is 1. The molecule has 0 bridgehead atoms. The maximum absolute atomic E-state index is 6.25. The molecule has 4 heteroatoms. The van der Waals surface area contributed by atoms with Crippen LogP contribution in [-0.2, 0) is 0 Å². The summed E-state index contributed by atoms with van der Waals surface area (Å²) in [6, 6.07) is 7.95. The maximum Gasteiger partial charge on any atom is 0.0731 e. The van der Waals surface area contributed by atoms with Gasteiger partial charge in [-0.3, -0.25) is 0 Å². The number of hydrogen-bond acceptors (Lipinski definition) is 2. The molecule has 1 aromatic heterocycles. The van der Waals surface area contributed by atoms with E-state index in [0.717, 1.165) is 24.8 Å². The van der Waals surface area contributed by atoms with Gasteiger partial charge in [0.25, 0.3) is 0 Å². The van der Waals surface area contributed by atoms with Crippen molar-refractivity contribution in [2.75, 3.05) is 0 Å². The Kier molecular flexibility index (Phi) is 3.93. The number of aryl methyl sites for hydroxylation is 2. The third kappa shape index (κ3) is 2.74. The lowest BCUT2D eigenvalue weighted by Gasteiger charge is -2.12. The van der Waals surface area contributed by atoms with Gasteiger partial charge in [-0.1, -0.05) is 23.7 Å². The largest absolute Gasteiger partial charge is 0.320 e. The Balaban J connectivity index is 2.39. The molecule has 1 nitrogen and oxygen atoms in total. The topological polar surface area (TPSA) is 26.0 Å². The smallest absolute Gasteiger partial charge is 0.0731 e. The van der Waals surface area contributed by atoms with E-state index < -0.39 is 0 Å². The Morgan fingerprint density at radius 2 is 2.00 bits per heavy atom. The molecule has 0 amide bonds. The van der Waals surface area contributed by atoms with Crippen molar-refractivity contribution < 1.29 is 0 Å². The predicted octanol–water partition coefficient (Wildman–Crippen LogP) is 4.83. The molecule has 0 saturated heterocycles. The van der Waals surface area contributed by atoms with E-state index in [0.29, 0.717) is 0 Å². The Hall–Kier alpha value is -0.350. The van der Waals surface area contributed by atoms with Crippen LogP contribution >= 0.6 is 38.9 Å². The van der Waals surface area contributed by atoms with Gasteiger partial charge in [-0.2, -0.15) is 0 Å². The number of rotatable bonds is 2. The molecule has 0 aliphatic heterocycles. The fourth-order valence-corrected chi connectivity index (χ4v) is 3.62. The first kappa shape index (κ1) is 13.1. The van der Waals surface area contributed by atoms with Gasteiger partial charge in [-0.15, -0.1) is 11.3 Å². The van der Waals surface area contributed by atoms with Gasteiger partial charge in [-0.05, 0) is 58.6 Å². The van der Waals surface area contributed by atoms with Gasteiger partial charge in [0.15, 0.2) is 0 Å².